The monoisotopic (exact) mass is 814 g/mol. The van der Waals surface area contributed by atoms with Gasteiger partial charge in [0.05, 0.1) is 18.8 Å². The number of rotatable bonds is 25. The molecule has 0 unspecified atom stereocenters. The van der Waals surface area contributed by atoms with Crippen LogP contribution in [0.15, 0.2) is 4.99 Å². The van der Waals surface area contributed by atoms with Gasteiger partial charge in [0.2, 0.25) is 41.4 Å². The van der Waals surface area contributed by atoms with Crippen molar-refractivity contribution in [1.29, 1.82) is 0 Å². The number of carbonyl (C=O) groups is 8. The van der Waals surface area contributed by atoms with Crippen LogP contribution >= 0.6 is 0 Å². The summed E-state index contributed by atoms with van der Waals surface area (Å²) in [5, 5.41) is 46.5. The van der Waals surface area contributed by atoms with Crippen LogP contribution in [-0.2, 0) is 38.4 Å². The second-order valence-electron chi connectivity index (χ2n) is 13.9. The minimum Gasteiger partial charge on any atom is -0.480 e. The second kappa shape index (κ2) is 25.2. The molecule has 0 aromatic carbocycles. The average molecular weight is 815 g/mol. The summed E-state index contributed by atoms with van der Waals surface area (Å²) >= 11 is 0. The lowest BCUT2D eigenvalue weighted by Gasteiger charge is -2.29. The number of nitrogens with zero attached hydrogens (tertiary/aromatic N) is 2. The third-order valence-electron chi connectivity index (χ3n) is 8.98. The number of nitrogens with one attached hydrogen (secondary N) is 7. The quantitative estimate of drug-likeness (QED) is 0.0232. The largest absolute Gasteiger partial charge is 0.480 e. The van der Waals surface area contributed by atoms with E-state index >= 15 is 0 Å². The van der Waals surface area contributed by atoms with Crippen LogP contribution in [0.5, 0.6) is 0 Å². The minimum absolute atomic E-state index is 0.0911. The van der Waals surface area contributed by atoms with Crippen molar-refractivity contribution in [3.63, 3.8) is 0 Å². The van der Waals surface area contributed by atoms with Crippen molar-refractivity contribution < 1.29 is 53.7 Å². The summed E-state index contributed by atoms with van der Waals surface area (Å²) in [6.45, 7) is 5.28. The molecule has 0 bridgehead atoms. The minimum atomic E-state index is -1.61. The molecule has 1 rings (SSSR count). The van der Waals surface area contributed by atoms with Gasteiger partial charge in [0.1, 0.15) is 36.3 Å². The van der Waals surface area contributed by atoms with Gasteiger partial charge in [-0.15, -0.1) is 0 Å². The summed E-state index contributed by atoms with van der Waals surface area (Å²) in [4.78, 5) is 108. The molecule has 23 heteroatoms. The molecule has 9 atom stereocenters. The van der Waals surface area contributed by atoms with E-state index in [9.17, 15) is 53.7 Å². The lowest BCUT2D eigenvalue weighted by Crippen LogP contribution is -2.60. The van der Waals surface area contributed by atoms with E-state index in [0.29, 0.717) is 25.8 Å². The molecule has 0 aliphatic carbocycles. The predicted octanol–water partition coefficient (Wildman–Crippen LogP) is -5.83. The Hall–Kier alpha value is -5.13. The van der Waals surface area contributed by atoms with Crippen molar-refractivity contribution in [1.82, 2.24) is 42.1 Å². The highest BCUT2D eigenvalue weighted by molar-refractivity contribution is 5.97. The number of likely N-dealkylation sites (tertiary alicyclic amines) is 1. The zero-order chi connectivity index (χ0) is 43.4. The van der Waals surface area contributed by atoms with Crippen LogP contribution in [0.1, 0.15) is 72.6 Å². The van der Waals surface area contributed by atoms with Gasteiger partial charge in [-0.1, -0.05) is 0 Å². The molecule has 0 saturated carbocycles. The third kappa shape index (κ3) is 17.3. The Labute approximate surface area is 331 Å². The van der Waals surface area contributed by atoms with E-state index in [0.717, 1.165) is 0 Å². The van der Waals surface area contributed by atoms with Gasteiger partial charge in [-0.2, -0.15) is 0 Å². The van der Waals surface area contributed by atoms with Crippen LogP contribution < -0.4 is 54.4 Å². The molecule has 57 heavy (non-hydrogen) atoms. The topological polar surface area (TPSA) is 375 Å². The second-order valence-corrected chi connectivity index (χ2v) is 13.9. The highest BCUT2D eigenvalue weighted by atomic mass is 16.4. The van der Waals surface area contributed by atoms with Crippen LogP contribution in [0.2, 0.25) is 0 Å². The smallest absolute Gasteiger partial charge is 0.328 e. The van der Waals surface area contributed by atoms with Gasteiger partial charge < -0.3 is 74.6 Å². The van der Waals surface area contributed by atoms with Gasteiger partial charge in [0.25, 0.3) is 0 Å². The molecular weight excluding hydrogens is 752 g/mol. The van der Waals surface area contributed by atoms with Gasteiger partial charge in [-0.05, 0) is 86.2 Å². The summed E-state index contributed by atoms with van der Waals surface area (Å²) in [5.74, 6) is -6.97. The Morgan fingerprint density at radius 1 is 0.754 bits per heavy atom. The van der Waals surface area contributed by atoms with E-state index in [1.807, 2.05) is 0 Å². The molecule has 1 aliphatic rings. The molecule has 1 aliphatic heterocycles. The lowest BCUT2D eigenvalue weighted by atomic mass is 10.1. The van der Waals surface area contributed by atoms with Crippen molar-refractivity contribution >= 4 is 53.3 Å². The molecule has 1 heterocycles. The van der Waals surface area contributed by atoms with E-state index in [2.05, 4.69) is 42.2 Å². The lowest BCUT2D eigenvalue weighted by molar-refractivity contribution is -0.145. The van der Waals surface area contributed by atoms with Crippen LogP contribution in [-0.4, -0.2) is 161 Å². The zero-order valence-electron chi connectivity index (χ0n) is 33.2. The van der Waals surface area contributed by atoms with Crippen LogP contribution in [0, 0.1) is 0 Å². The maximum absolute atomic E-state index is 13.5. The van der Waals surface area contributed by atoms with Crippen LogP contribution in [0.25, 0.3) is 0 Å². The van der Waals surface area contributed by atoms with Gasteiger partial charge in [-0.3, -0.25) is 38.6 Å². The van der Waals surface area contributed by atoms with Gasteiger partial charge >= 0.3 is 5.97 Å². The Balaban J connectivity index is 3.03. The van der Waals surface area contributed by atoms with Crippen LogP contribution in [0.4, 0.5) is 0 Å². The van der Waals surface area contributed by atoms with E-state index in [-0.39, 0.29) is 44.7 Å². The number of nitrogens with two attached hydrogens (primary N) is 3. The number of amides is 7. The highest BCUT2D eigenvalue weighted by Crippen LogP contribution is 2.19. The number of carboxylic acid groups (broad SMARTS) is 1. The van der Waals surface area contributed by atoms with Crippen molar-refractivity contribution in [3.8, 4) is 0 Å². The first-order chi connectivity index (χ1) is 26.7. The SMILES string of the molecule is CNCCCC[C@H](NC(=O)[C@H](CCCN=C(N)N)NC(=O)[C@H](C)N)C(=O)N[C@@H](CO)C(=O)N[C@@H](C)C(=O)N1CCC[C@H]1C(=O)N[C@@H](C)C(=O)N[C@H](C(=O)O)[C@@H](C)O. The summed E-state index contributed by atoms with van der Waals surface area (Å²) < 4.78 is 0. The molecule has 16 N–H and O–H groups in total. The molecule has 1 saturated heterocycles. The zero-order valence-corrected chi connectivity index (χ0v) is 33.2. The summed E-state index contributed by atoms with van der Waals surface area (Å²) in [5.41, 5.74) is 16.4. The number of hydrogen-bond acceptors (Lipinski definition) is 13. The van der Waals surface area contributed by atoms with Crippen molar-refractivity contribution in [2.75, 3.05) is 33.3 Å². The number of aliphatic hydroxyl groups is 2. The standard InChI is InChI=1S/C34H62N12O11/c1-17(35)26(49)42-22(11-8-14-39-34(36)37)28(51)43-21(10-6-7-13-38-5)29(52)44-23(16-47)30(53)41-19(3)32(55)46-15-9-12-24(46)31(54)40-18(2)27(50)45-25(20(4)48)33(56)57/h17-25,38,47-48H,6-16,35H2,1-5H3,(H,40,54)(H,41,53)(H,42,49)(H,43,51)(H,44,52)(H,45,50)(H,56,57)(H4,36,37,39)/t17-,18-,19-,20+,21-,22-,23-,24-,25-/m0/s1. The number of aliphatic hydroxyl groups excluding tert-OH is 2. The number of carboxylic acids is 1. The number of hydrogen-bond donors (Lipinski definition) is 13. The van der Waals surface area contributed by atoms with E-state index in [4.69, 9.17) is 17.2 Å². The molecule has 0 radical (unpaired) electrons. The maximum atomic E-state index is 13.5. The summed E-state index contributed by atoms with van der Waals surface area (Å²) in [7, 11) is 1.75. The Morgan fingerprint density at radius 2 is 1.32 bits per heavy atom. The van der Waals surface area contributed by atoms with Crippen LogP contribution in [0.3, 0.4) is 0 Å². The number of aliphatic imine (C=N–C) groups is 1. The number of carbonyl (C=O) groups excluding carboxylic acids is 7. The van der Waals surface area contributed by atoms with Crippen molar-refractivity contribution in [3.05, 3.63) is 0 Å². The molecule has 324 valence electrons. The molecule has 7 amide bonds. The number of aliphatic carboxylic acids is 1. The maximum Gasteiger partial charge on any atom is 0.328 e. The van der Waals surface area contributed by atoms with E-state index in [1.165, 1.54) is 32.6 Å². The fourth-order valence-corrected chi connectivity index (χ4v) is 5.70. The normalized spacial score (nSPS) is 17.9. The first-order valence-corrected chi connectivity index (χ1v) is 18.9. The van der Waals surface area contributed by atoms with E-state index < -0.39 is 108 Å². The molecular formula is C34H62N12O11. The Morgan fingerprint density at radius 3 is 1.84 bits per heavy atom. The van der Waals surface area contributed by atoms with Gasteiger partial charge in [-0.25, -0.2) is 4.79 Å². The van der Waals surface area contributed by atoms with Gasteiger partial charge in [0.15, 0.2) is 12.0 Å². The van der Waals surface area contributed by atoms with E-state index in [1.54, 1.807) is 7.05 Å². The fraction of sp³-hybridized carbons (Fsp3) is 0.735. The fourth-order valence-electron chi connectivity index (χ4n) is 5.70. The molecule has 0 spiro atoms. The molecule has 23 nitrogen and oxygen atoms in total. The van der Waals surface area contributed by atoms with Crippen molar-refractivity contribution in [2.45, 2.75) is 127 Å². The van der Waals surface area contributed by atoms with Crippen molar-refractivity contribution in [2.24, 2.45) is 22.2 Å². The number of guanidine groups is 1. The average Bonchev–Trinajstić information content (AvgIpc) is 3.64. The highest BCUT2D eigenvalue weighted by Gasteiger charge is 2.38. The first-order valence-electron chi connectivity index (χ1n) is 18.9. The third-order valence-corrected chi connectivity index (χ3v) is 8.98. The Bertz CT molecular complexity index is 1430. The van der Waals surface area contributed by atoms with Gasteiger partial charge in [0, 0.05) is 13.1 Å². The molecule has 1 fully saturated rings. The molecule has 0 aromatic rings. The summed E-state index contributed by atoms with van der Waals surface area (Å²) in [6.07, 6.45) is 0.805. The predicted molar refractivity (Wildman–Crippen MR) is 205 cm³/mol. The number of unbranched alkanes of at least 4 members (excludes halogenated alkanes) is 1. The summed E-state index contributed by atoms with van der Waals surface area (Å²) in [6, 6.07) is -9.96. The first kappa shape index (κ1) is 49.9. The Kier molecular flexibility index (Phi) is 22.0. The molecule has 0 aromatic heterocycles.